The van der Waals surface area contributed by atoms with Crippen LogP contribution in [0.15, 0.2) is 51.8 Å². The number of aryl methyl sites for hydroxylation is 1. The van der Waals surface area contributed by atoms with Gasteiger partial charge in [-0.25, -0.2) is 8.42 Å². The van der Waals surface area contributed by atoms with Gasteiger partial charge in [0, 0.05) is 23.1 Å². The van der Waals surface area contributed by atoms with Gasteiger partial charge in [-0.2, -0.15) is 0 Å². The molecule has 2 aromatic rings. The minimum Gasteiger partial charge on any atom is -0.312 e. The van der Waals surface area contributed by atoms with E-state index in [0.29, 0.717) is 28.8 Å². The molecule has 0 aliphatic carbocycles. The van der Waals surface area contributed by atoms with Crippen LogP contribution in [0.1, 0.15) is 18.4 Å². The maximum atomic E-state index is 12.6. The smallest absolute Gasteiger partial charge is 0.263 e. The fourth-order valence-electron chi connectivity index (χ4n) is 2.69. The van der Waals surface area contributed by atoms with Gasteiger partial charge in [0.25, 0.3) is 10.0 Å². The van der Waals surface area contributed by atoms with Gasteiger partial charge in [0.05, 0.1) is 5.69 Å². The van der Waals surface area contributed by atoms with Gasteiger partial charge in [0.15, 0.2) is 0 Å². The van der Waals surface area contributed by atoms with Crippen molar-refractivity contribution >= 4 is 43.2 Å². The number of sulfonamides is 1. The van der Waals surface area contributed by atoms with Crippen molar-refractivity contribution in [1.29, 1.82) is 0 Å². The second-order valence-corrected chi connectivity index (χ2v) is 8.24. The van der Waals surface area contributed by atoms with Crippen molar-refractivity contribution in [2.45, 2.75) is 24.7 Å². The van der Waals surface area contributed by atoms with Gasteiger partial charge in [-0.15, -0.1) is 0 Å². The predicted molar refractivity (Wildman–Crippen MR) is 97.7 cm³/mol. The Balaban J connectivity index is 1.89. The molecule has 2 aromatic carbocycles. The van der Waals surface area contributed by atoms with E-state index in [2.05, 4.69) is 20.7 Å². The first-order valence-electron chi connectivity index (χ1n) is 7.56. The highest BCUT2D eigenvalue weighted by Crippen LogP contribution is 2.28. The number of carbonyl (C=O) groups excluding carboxylic acids is 1. The summed E-state index contributed by atoms with van der Waals surface area (Å²) < 4.78 is 28.3. The van der Waals surface area contributed by atoms with Gasteiger partial charge in [0.1, 0.15) is 4.90 Å². The van der Waals surface area contributed by atoms with Crippen molar-refractivity contribution in [3.8, 4) is 0 Å². The molecule has 0 spiro atoms. The molecule has 0 bridgehead atoms. The summed E-state index contributed by atoms with van der Waals surface area (Å²) >= 11 is 3.30. The summed E-state index contributed by atoms with van der Waals surface area (Å²) in [7, 11) is -3.71. The molecule has 126 valence electrons. The molecule has 3 rings (SSSR count). The zero-order valence-electron chi connectivity index (χ0n) is 13.1. The van der Waals surface area contributed by atoms with Gasteiger partial charge in [-0.1, -0.05) is 12.1 Å². The van der Waals surface area contributed by atoms with Crippen molar-refractivity contribution < 1.29 is 13.2 Å². The second-order valence-electron chi connectivity index (χ2n) is 5.74. The lowest BCUT2D eigenvalue weighted by atomic mass is 10.2. The van der Waals surface area contributed by atoms with E-state index in [4.69, 9.17) is 0 Å². The molecule has 0 aromatic heterocycles. The normalized spacial score (nSPS) is 14.9. The first-order valence-corrected chi connectivity index (χ1v) is 9.84. The lowest BCUT2D eigenvalue weighted by Crippen LogP contribution is -2.23. The summed E-state index contributed by atoms with van der Waals surface area (Å²) in [4.78, 5) is 13.7. The van der Waals surface area contributed by atoms with E-state index in [1.165, 1.54) is 0 Å². The molecule has 1 amide bonds. The van der Waals surface area contributed by atoms with Crippen LogP contribution in [0.5, 0.6) is 0 Å². The number of hydrogen-bond donors (Lipinski definition) is 1. The van der Waals surface area contributed by atoms with Crippen molar-refractivity contribution in [1.82, 2.24) is 0 Å². The van der Waals surface area contributed by atoms with Crippen molar-refractivity contribution in [3.05, 3.63) is 52.5 Å². The zero-order valence-corrected chi connectivity index (χ0v) is 15.5. The number of hydrogen-bond acceptors (Lipinski definition) is 3. The summed E-state index contributed by atoms with van der Waals surface area (Å²) in [6.07, 6.45) is 1.36. The highest BCUT2D eigenvalue weighted by molar-refractivity contribution is 9.10. The number of amides is 1. The number of rotatable bonds is 4. The Morgan fingerprint density at radius 3 is 2.62 bits per heavy atom. The Labute approximate surface area is 149 Å². The number of nitrogens with one attached hydrogen (secondary N) is 1. The molecule has 1 aliphatic rings. The van der Waals surface area contributed by atoms with Crippen molar-refractivity contribution in [2.75, 3.05) is 16.2 Å². The molecule has 1 N–H and O–H groups in total. The monoisotopic (exact) mass is 408 g/mol. The van der Waals surface area contributed by atoms with Crippen LogP contribution >= 0.6 is 15.9 Å². The van der Waals surface area contributed by atoms with Crippen LogP contribution in [0.4, 0.5) is 11.4 Å². The molecule has 7 heteroatoms. The molecule has 0 saturated carbocycles. The standard InChI is InChI=1S/C17H17BrN2O3S/c1-12-7-8-16(15(18)10-12)24(22,23)19-13-4-2-5-14(11-13)20-9-3-6-17(20)21/h2,4-5,7-8,10-11,19H,3,6,9H2,1H3. The Hall–Kier alpha value is -1.86. The van der Waals surface area contributed by atoms with Gasteiger partial charge in [-0.05, 0) is 65.2 Å². The third-order valence-electron chi connectivity index (χ3n) is 3.86. The largest absolute Gasteiger partial charge is 0.312 e. The third kappa shape index (κ3) is 3.47. The quantitative estimate of drug-likeness (QED) is 0.838. The molecule has 1 heterocycles. The summed E-state index contributed by atoms with van der Waals surface area (Å²) in [6.45, 7) is 2.56. The van der Waals surface area contributed by atoms with Crippen LogP contribution in [-0.2, 0) is 14.8 Å². The minimum absolute atomic E-state index is 0.0660. The Bertz CT molecular complexity index is 896. The number of nitrogens with zero attached hydrogens (tertiary/aromatic N) is 1. The van der Waals surface area contributed by atoms with E-state index >= 15 is 0 Å². The van der Waals surface area contributed by atoms with E-state index in [-0.39, 0.29) is 10.8 Å². The van der Waals surface area contributed by atoms with Crippen LogP contribution in [0.25, 0.3) is 0 Å². The van der Waals surface area contributed by atoms with E-state index in [1.54, 1.807) is 41.3 Å². The average Bonchev–Trinajstić information content (AvgIpc) is 2.92. The molecule has 1 fully saturated rings. The van der Waals surface area contributed by atoms with Crippen LogP contribution in [-0.4, -0.2) is 20.9 Å². The molecular weight excluding hydrogens is 392 g/mol. The fraction of sp³-hybridized carbons (Fsp3) is 0.235. The van der Waals surface area contributed by atoms with Gasteiger partial charge < -0.3 is 4.90 Å². The average molecular weight is 409 g/mol. The van der Waals surface area contributed by atoms with E-state index in [0.717, 1.165) is 12.0 Å². The topological polar surface area (TPSA) is 66.5 Å². The molecule has 24 heavy (non-hydrogen) atoms. The van der Waals surface area contributed by atoms with E-state index in [1.807, 2.05) is 13.0 Å². The second kappa shape index (κ2) is 6.57. The van der Waals surface area contributed by atoms with E-state index < -0.39 is 10.0 Å². The predicted octanol–water partition coefficient (Wildman–Crippen LogP) is 3.69. The Morgan fingerprint density at radius 1 is 1.17 bits per heavy atom. The molecule has 5 nitrogen and oxygen atoms in total. The first-order chi connectivity index (χ1) is 11.4. The van der Waals surface area contributed by atoms with Gasteiger partial charge >= 0.3 is 0 Å². The maximum Gasteiger partial charge on any atom is 0.263 e. The Kier molecular flexibility index (Phi) is 4.64. The number of halogens is 1. The van der Waals surface area contributed by atoms with Gasteiger partial charge in [-0.3, -0.25) is 9.52 Å². The summed E-state index contributed by atoms with van der Waals surface area (Å²) in [5, 5.41) is 0. The Morgan fingerprint density at radius 2 is 1.96 bits per heavy atom. The van der Waals surface area contributed by atoms with Crippen LogP contribution in [0, 0.1) is 6.92 Å². The molecular formula is C17H17BrN2O3S. The van der Waals surface area contributed by atoms with E-state index in [9.17, 15) is 13.2 Å². The third-order valence-corrected chi connectivity index (χ3v) is 6.22. The van der Waals surface area contributed by atoms with Gasteiger partial charge in [0.2, 0.25) is 5.91 Å². The lowest BCUT2D eigenvalue weighted by Gasteiger charge is -2.17. The SMILES string of the molecule is Cc1ccc(S(=O)(=O)Nc2cccc(N3CCCC3=O)c2)c(Br)c1. The highest BCUT2D eigenvalue weighted by Gasteiger charge is 2.23. The lowest BCUT2D eigenvalue weighted by molar-refractivity contribution is -0.117. The maximum absolute atomic E-state index is 12.6. The molecule has 0 atom stereocenters. The van der Waals surface area contributed by atoms with Crippen LogP contribution in [0.3, 0.4) is 0 Å². The van der Waals surface area contributed by atoms with Crippen molar-refractivity contribution in [2.24, 2.45) is 0 Å². The number of benzene rings is 2. The molecule has 0 radical (unpaired) electrons. The molecule has 1 aliphatic heterocycles. The summed E-state index contributed by atoms with van der Waals surface area (Å²) in [5.41, 5.74) is 2.11. The van der Waals surface area contributed by atoms with Crippen LogP contribution in [0.2, 0.25) is 0 Å². The molecule has 0 unspecified atom stereocenters. The van der Waals surface area contributed by atoms with Crippen molar-refractivity contribution in [3.63, 3.8) is 0 Å². The zero-order chi connectivity index (χ0) is 17.3. The summed E-state index contributed by atoms with van der Waals surface area (Å²) in [6, 6.07) is 12.0. The molecule has 1 saturated heterocycles. The minimum atomic E-state index is -3.71. The fourth-order valence-corrected chi connectivity index (χ4v) is 4.93. The number of anilines is 2. The summed E-state index contributed by atoms with van der Waals surface area (Å²) in [5.74, 6) is 0.0660. The highest BCUT2D eigenvalue weighted by atomic mass is 79.9. The van der Waals surface area contributed by atoms with Crippen LogP contribution < -0.4 is 9.62 Å². The first kappa shape index (κ1) is 17.0. The number of carbonyl (C=O) groups is 1.